The molecule has 5 heteroatoms. The second-order valence-electron chi connectivity index (χ2n) is 5.88. The van der Waals surface area contributed by atoms with Gasteiger partial charge in [-0.25, -0.2) is 4.79 Å². The Morgan fingerprint density at radius 3 is 2.57 bits per heavy atom. The average molecular weight is 298 g/mol. The molecule has 1 heterocycles. The van der Waals surface area contributed by atoms with Gasteiger partial charge in [-0.1, -0.05) is 0 Å². The SMILES string of the molecule is COC1=CC(=O)OC(CCC2CCC(OC)C(OC)C2)C1. The predicted octanol–water partition coefficient (Wildman–Crippen LogP) is 2.44. The van der Waals surface area contributed by atoms with E-state index in [1.165, 1.54) is 6.08 Å². The molecule has 0 spiro atoms. The number of carbonyl (C=O) groups excluding carboxylic acids is 1. The molecule has 4 atom stereocenters. The van der Waals surface area contributed by atoms with Crippen LogP contribution in [0.15, 0.2) is 11.8 Å². The molecule has 0 aromatic carbocycles. The van der Waals surface area contributed by atoms with Crippen LogP contribution in [0.5, 0.6) is 0 Å². The molecular formula is C16H26O5. The maximum Gasteiger partial charge on any atom is 0.334 e. The Bertz CT molecular complexity index is 379. The lowest BCUT2D eigenvalue weighted by Crippen LogP contribution is -2.37. The van der Waals surface area contributed by atoms with Crippen molar-refractivity contribution in [3.05, 3.63) is 11.8 Å². The molecule has 0 amide bonds. The molecule has 2 aliphatic rings. The predicted molar refractivity (Wildman–Crippen MR) is 77.8 cm³/mol. The first-order valence-corrected chi connectivity index (χ1v) is 7.67. The Morgan fingerprint density at radius 2 is 1.90 bits per heavy atom. The van der Waals surface area contributed by atoms with Crippen LogP contribution in [-0.2, 0) is 23.7 Å². The Labute approximate surface area is 126 Å². The highest BCUT2D eigenvalue weighted by molar-refractivity contribution is 5.83. The molecule has 21 heavy (non-hydrogen) atoms. The van der Waals surface area contributed by atoms with Crippen LogP contribution >= 0.6 is 0 Å². The summed E-state index contributed by atoms with van der Waals surface area (Å²) >= 11 is 0. The standard InChI is InChI=1S/C16H26O5/c1-18-13-9-12(21-16(17)10-13)6-4-11-5-7-14(19-2)15(8-11)20-3/h10-12,14-15H,4-9H2,1-3H3. The van der Waals surface area contributed by atoms with Gasteiger partial charge in [0, 0.05) is 20.6 Å². The highest BCUT2D eigenvalue weighted by Gasteiger charge is 2.31. The van der Waals surface area contributed by atoms with Gasteiger partial charge in [-0.05, 0) is 38.0 Å². The van der Waals surface area contributed by atoms with E-state index in [-0.39, 0.29) is 24.3 Å². The average Bonchev–Trinajstić information content (AvgIpc) is 2.52. The van der Waals surface area contributed by atoms with Crippen molar-refractivity contribution in [2.75, 3.05) is 21.3 Å². The highest BCUT2D eigenvalue weighted by Crippen LogP contribution is 2.32. The van der Waals surface area contributed by atoms with Crippen molar-refractivity contribution in [3.63, 3.8) is 0 Å². The number of esters is 1. The zero-order valence-corrected chi connectivity index (χ0v) is 13.2. The monoisotopic (exact) mass is 298 g/mol. The number of hydrogen-bond acceptors (Lipinski definition) is 5. The van der Waals surface area contributed by atoms with E-state index in [9.17, 15) is 4.79 Å². The quantitative estimate of drug-likeness (QED) is 0.705. The molecule has 120 valence electrons. The van der Waals surface area contributed by atoms with Crippen molar-refractivity contribution in [2.24, 2.45) is 5.92 Å². The van der Waals surface area contributed by atoms with Crippen LogP contribution in [0.3, 0.4) is 0 Å². The molecule has 1 saturated carbocycles. The smallest absolute Gasteiger partial charge is 0.334 e. The summed E-state index contributed by atoms with van der Waals surface area (Å²) in [6, 6.07) is 0. The largest absolute Gasteiger partial charge is 0.501 e. The molecule has 0 aromatic rings. The first-order chi connectivity index (χ1) is 10.2. The Morgan fingerprint density at radius 1 is 1.14 bits per heavy atom. The van der Waals surface area contributed by atoms with Crippen molar-refractivity contribution in [3.8, 4) is 0 Å². The van der Waals surface area contributed by atoms with Crippen molar-refractivity contribution < 1.29 is 23.7 Å². The zero-order valence-electron chi connectivity index (χ0n) is 13.2. The summed E-state index contributed by atoms with van der Waals surface area (Å²) < 4.78 is 21.5. The van der Waals surface area contributed by atoms with Gasteiger partial charge in [0.1, 0.15) is 11.9 Å². The molecule has 1 aliphatic heterocycles. The molecule has 4 unspecified atom stereocenters. The van der Waals surface area contributed by atoms with Gasteiger partial charge in [0.2, 0.25) is 0 Å². The molecule has 0 N–H and O–H groups in total. The second kappa shape index (κ2) is 7.80. The molecule has 1 aliphatic carbocycles. The van der Waals surface area contributed by atoms with Gasteiger partial charge < -0.3 is 18.9 Å². The number of carbonyl (C=O) groups is 1. The molecule has 0 aromatic heterocycles. The maximum atomic E-state index is 11.5. The van der Waals surface area contributed by atoms with Gasteiger partial charge in [-0.15, -0.1) is 0 Å². The minimum absolute atomic E-state index is 0.0569. The van der Waals surface area contributed by atoms with E-state index in [0.717, 1.165) is 32.1 Å². The first kappa shape index (κ1) is 16.3. The number of ether oxygens (including phenoxy) is 4. The Hall–Kier alpha value is -1.07. The zero-order chi connectivity index (χ0) is 15.2. The van der Waals surface area contributed by atoms with E-state index < -0.39 is 0 Å². The normalized spacial score (nSPS) is 33.3. The summed E-state index contributed by atoms with van der Waals surface area (Å²) in [4.78, 5) is 11.5. The Balaban J connectivity index is 1.78. The van der Waals surface area contributed by atoms with Gasteiger partial charge in [-0.2, -0.15) is 0 Å². The minimum atomic E-state index is -0.291. The molecule has 2 rings (SSSR count). The van der Waals surface area contributed by atoms with E-state index in [2.05, 4.69) is 0 Å². The van der Waals surface area contributed by atoms with E-state index in [4.69, 9.17) is 18.9 Å². The topological polar surface area (TPSA) is 54.0 Å². The molecule has 0 bridgehead atoms. The van der Waals surface area contributed by atoms with Gasteiger partial charge >= 0.3 is 5.97 Å². The van der Waals surface area contributed by atoms with Crippen LogP contribution in [-0.4, -0.2) is 45.6 Å². The van der Waals surface area contributed by atoms with Crippen molar-refractivity contribution in [1.29, 1.82) is 0 Å². The fourth-order valence-electron chi connectivity index (χ4n) is 3.34. The third kappa shape index (κ3) is 4.45. The summed E-state index contributed by atoms with van der Waals surface area (Å²) in [6.45, 7) is 0. The fourth-order valence-corrected chi connectivity index (χ4v) is 3.34. The third-order valence-electron chi connectivity index (χ3n) is 4.59. The van der Waals surface area contributed by atoms with Crippen LogP contribution in [0, 0.1) is 5.92 Å². The second-order valence-corrected chi connectivity index (χ2v) is 5.88. The van der Waals surface area contributed by atoms with Crippen molar-refractivity contribution in [2.45, 2.75) is 56.8 Å². The highest BCUT2D eigenvalue weighted by atomic mass is 16.6. The summed E-state index contributed by atoms with van der Waals surface area (Å²) in [6.07, 6.45) is 7.57. The lowest BCUT2D eigenvalue weighted by atomic mass is 9.82. The minimum Gasteiger partial charge on any atom is -0.501 e. The van der Waals surface area contributed by atoms with E-state index >= 15 is 0 Å². The summed E-state index contributed by atoms with van der Waals surface area (Å²) in [7, 11) is 5.09. The number of cyclic esters (lactones) is 1. The first-order valence-electron chi connectivity index (χ1n) is 7.67. The number of rotatable bonds is 6. The van der Waals surface area contributed by atoms with Crippen LogP contribution in [0.4, 0.5) is 0 Å². The van der Waals surface area contributed by atoms with Gasteiger partial charge in [0.25, 0.3) is 0 Å². The van der Waals surface area contributed by atoms with Crippen molar-refractivity contribution in [1.82, 2.24) is 0 Å². The molecule has 5 nitrogen and oxygen atoms in total. The third-order valence-corrected chi connectivity index (χ3v) is 4.59. The molecule has 0 radical (unpaired) electrons. The molecular weight excluding hydrogens is 272 g/mol. The summed E-state index contributed by atoms with van der Waals surface area (Å²) in [5, 5.41) is 0. The van der Waals surface area contributed by atoms with Crippen LogP contribution in [0.1, 0.15) is 38.5 Å². The maximum absolute atomic E-state index is 11.5. The fraction of sp³-hybridized carbons (Fsp3) is 0.812. The van der Waals surface area contributed by atoms with E-state index in [1.807, 2.05) is 0 Å². The van der Waals surface area contributed by atoms with Crippen LogP contribution < -0.4 is 0 Å². The van der Waals surface area contributed by atoms with E-state index in [0.29, 0.717) is 18.1 Å². The number of methoxy groups -OCH3 is 3. The molecule has 0 saturated heterocycles. The lowest BCUT2D eigenvalue weighted by Gasteiger charge is -2.35. The van der Waals surface area contributed by atoms with Gasteiger partial charge in [-0.3, -0.25) is 0 Å². The van der Waals surface area contributed by atoms with Crippen LogP contribution in [0.25, 0.3) is 0 Å². The van der Waals surface area contributed by atoms with Gasteiger partial charge in [0.15, 0.2) is 0 Å². The summed E-state index contributed by atoms with van der Waals surface area (Å²) in [5.41, 5.74) is 0. The van der Waals surface area contributed by atoms with Crippen molar-refractivity contribution >= 4 is 5.97 Å². The number of hydrogen-bond donors (Lipinski definition) is 0. The van der Waals surface area contributed by atoms with E-state index in [1.54, 1.807) is 21.3 Å². The Kier molecular flexibility index (Phi) is 6.06. The molecule has 1 fully saturated rings. The van der Waals surface area contributed by atoms with Crippen LogP contribution in [0.2, 0.25) is 0 Å². The summed E-state index contributed by atoms with van der Waals surface area (Å²) in [5.74, 6) is 1.03. The van der Waals surface area contributed by atoms with Gasteiger partial charge in [0.05, 0.1) is 25.4 Å². The lowest BCUT2D eigenvalue weighted by molar-refractivity contribution is -0.146.